The van der Waals surface area contributed by atoms with Crippen molar-refractivity contribution in [3.63, 3.8) is 0 Å². The van der Waals surface area contributed by atoms with Gasteiger partial charge in [-0.2, -0.15) is 4.20 Å². The van der Waals surface area contributed by atoms with Gasteiger partial charge in [-0.05, 0) is 12.1 Å². The molecule has 0 aromatic heterocycles. The van der Waals surface area contributed by atoms with Gasteiger partial charge in [-0.3, -0.25) is 4.57 Å². The molecule has 0 spiro atoms. The molecule has 0 amide bonds. The van der Waals surface area contributed by atoms with Crippen molar-refractivity contribution in [1.29, 1.82) is 0 Å². The summed E-state index contributed by atoms with van der Waals surface area (Å²) in [6.07, 6.45) is 0. The number of benzene rings is 1. The van der Waals surface area contributed by atoms with E-state index in [-0.39, 0.29) is 35.3 Å². The van der Waals surface area contributed by atoms with Crippen LogP contribution in [0.25, 0.3) is 0 Å². The Bertz CT molecular complexity index is 273. The summed E-state index contributed by atoms with van der Waals surface area (Å²) in [6, 6.07) is 7.46. The summed E-state index contributed by atoms with van der Waals surface area (Å²) in [5, 5.41) is 0. The summed E-state index contributed by atoms with van der Waals surface area (Å²) in [5.74, 6) is -0.0201. The van der Waals surface area contributed by atoms with Crippen LogP contribution in [-0.4, -0.2) is 0 Å². The largest absolute Gasteiger partial charge is 1.00 e. The van der Waals surface area contributed by atoms with Gasteiger partial charge >= 0.3 is 37.5 Å². The fourth-order valence-corrected chi connectivity index (χ4v) is 0.981. The Morgan fingerprint density at radius 3 is 2.25 bits per heavy atom. The standard InChI is InChI=1S/C6H6FO3P.Na/c7-11(8,9)10-6-4-2-1-3-5-6;/h1-5H,(H,8,9);/q;+1/p-1. The van der Waals surface area contributed by atoms with Crippen LogP contribution in [0.5, 0.6) is 5.75 Å². The number of hydrogen-bond acceptors (Lipinski definition) is 3. The molecule has 1 aromatic carbocycles. The van der Waals surface area contributed by atoms with Gasteiger partial charge < -0.3 is 9.42 Å². The maximum Gasteiger partial charge on any atom is 1.00 e. The topological polar surface area (TPSA) is 49.4 Å². The first kappa shape index (κ1) is 12.1. The van der Waals surface area contributed by atoms with Crippen LogP contribution < -0.4 is 39.0 Å². The molecule has 6 heteroatoms. The maximum absolute atomic E-state index is 11.9. The Morgan fingerprint density at radius 2 is 1.83 bits per heavy atom. The van der Waals surface area contributed by atoms with Crippen molar-refractivity contribution in [2.24, 2.45) is 0 Å². The van der Waals surface area contributed by atoms with Gasteiger partial charge in [-0.25, -0.2) is 0 Å². The molecule has 0 fully saturated rings. The molecule has 0 aliphatic heterocycles. The van der Waals surface area contributed by atoms with Crippen molar-refractivity contribution in [1.82, 2.24) is 0 Å². The minimum absolute atomic E-state index is 0. The zero-order chi connectivity index (χ0) is 8.32. The molecule has 3 nitrogen and oxygen atoms in total. The van der Waals surface area contributed by atoms with Crippen LogP contribution in [-0.2, 0) is 4.57 Å². The van der Waals surface area contributed by atoms with Crippen molar-refractivity contribution in [2.75, 3.05) is 0 Å². The molecule has 0 heterocycles. The Balaban J connectivity index is 0.00000121. The summed E-state index contributed by atoms with van der Waals surface area (Å²) in [7, 11) is -5.14. The number of para-hydroxylation sites is 1. The summed E-state index contributed by atoms with van der Waals surface area (Å²) >= 11 is 0. The monoisotopic (exact) mass is 198 g/mol. The van der Waals surface area contributed by atoms with Gasteiger partial charge in [0.1, 0.15) is 5.75 Å². The first-order valence-electron chi connectivity index (χ1n) is 2.83. The normalized spacial score (nSPS) is 14.2. The summed E-state index contributed by atoms with van der Waals surface area (Å²) in [4.78, 5) is 9.94. The van der Waals surface area contributed by atoms with Gasteiger partial charge in [-0.15, -0.1) is 0 Å². The summed E-state index contributed by atoms with van der Waals surface area (Å²) < 4.78 is 25.7. The van der Waals surface area contributed by atoms with Gasteiger partial charge in [0, 0.05) is 0 Å². The van der Waals surface area contributed by atoms with Crippen molar-refractivity contribution >= 4 is 7.91 Å². The molecule has 60 valence electrons. The molecule has 12 heavy (non-hydrogen) atoms. The molecule has 0 saturated heterocycles. The number of hydrogen-bond donors (Lipinski definition) is 0. The van der Waals surface area contributed by atoms with Gasteiger partial charge in [0.15, 0.2) is 0 Å². The van der Waals surface area contributed by atoms with Gasteiger partial charge in [0.25, 0.3) is 0 Å². The molecule has 1 unspecified atom stereocenters. The van der Waals surface area contributed by atoms with E-state index in [1.807, 2.05) is 0 Å². The van der Waals surface area contributed by atoms with Crippen LogP contribution in [0.4, 0.5) is 4.20 Å². The van der Waals surface area contributed by atoms with Crippen LogP contribution in [0, 0.1) is 0 Å². The second-order valence-corrected chi connectivity index (χ2v) is 2.88. The second-order valence-electron chi connectivity index (χ2n) is 1.83. The van der Waals surface area contributed by atoms with E-state index in [0.717, 1.165) is 0 Å². The minimum Gasteiger partial charge on any atom is -0.743 e. The van der Waals surface area contributed by atoms with E-state index in [0.29, 0.717) is 0 Å². The van der Waals surface area contributed by atoms with E-state index in [1.165, 1.54) is 12.1 Å². The molecule has 0 N–H and O–H groups in total. The van der Waals surface area contributed by atoms with Crippen molar-refractivity contribution < 1.29 is 47.7 Å². The van der Waals surface area contributed by atoms with Crippen molar-refractivity contribution in [3.05, 3.63) is 30.3 Å². The average molecular weight is 198 g/mol. The van der Waals surface area contributed by atoms with E-state index in [2.05, 4.69) is 4.52 Å². The first-order valence-corrected chi connectivity index (χ1v) is 4.27. The van der Waals surface area contributed by atoms with Crippen molar-refractivity contribution in [3.8, 4) is 5.75 Å². The van der Waals surface area contributed by atoms with E-state index < -0.39 is 7.91 Å². The summed E-state index contributed by atoms with van der Waals surface area (Å²) in [5.41, 5.74) is 0. The van der Waals surface area contributed by atoms with Crippen LogP contribution in [0.3, 0.4) is 0 Å². The van der Waals surface area contributed by atoms with Crippen LogP contribution in [0.2, 0.25) is 0 Å². The number of rotatable bonds is 2. The molecule has 1 atom stereocenters. The van der Waals surface area contributed by atoms with Crippen LogP contribution in [0.1, 0.15) is 0 Å². The van der Waals surface area contributed by atoms with Crippen LogP contribution in [0.15, 0.2) is 30.3 Å². The maximum atomic E-state index is 11.9. The van der Waals surface area contributed by atoms with E-state index in [9.17, 15) is 13.7 Å². The Labute approximate surface area is 91.5 Å². The molecule has 1 aromatic rings. The average Bonchev–Trinajstić information content (AvgIpc) is 1.85. The predicted octanol–water partition coefficient (Wildman–Crippen LogP) is -1.49. The third kappa shape index (κ3) is 4.91. The Kier molecular flexibility index (Phi) is 5.06. The summed E-state index contributed by atoms with van der Waals surface area (Å²) in [6.45, 7) is 0. The smallest absolute Gasteiger partial charge is 0.743 e. The zero-order valence-electron chi connectivity index (χ0n) is 6.44. The van der Waals surface area contributed by atoms with E-state index in [4.69, 9.17) is 0 Å². The minimum atomic E-state index is -5.14. The molecule has 1 rings (SSSR count). The van der Waals surface area contributed by atoms with Gasteiger partial charge in [-0.1, -0.05) is 18.2 Å². The molecule has 0 aliphatic rings. The molecular weight excluding hydrogens is 193 g/mol. The van der Waals surface area contributed by atoms with Crippen molar-refractivity contribution in [2.45, 2.75) is 0 Å². The van der Waals surface area contributed by atoms with E-state index in [1.54, 1.807) is 18.2 Å². The quantitative estimate of drug-likeness (QED) is 0.429. The third-order valence-corrected chi connectivity index (χ3v) is 1.39. The fraction of sp³-hybridized carbons (Fsp3) is 0. The van der Waals surface area contributed by atoms with E-state index >= 15 is 0 Å². The SMILES string of the molecule is O=P([O-])(F)Oc1ccccc1.[Na+]. The zero-order valence-corrected chi connectivity index (χ0v) is 9.33. The van der Waals surface area contributed by atoms with Gasteiger partial charge in [0.05, 0.1) is 0 Å². The number of halogens is 1. The molecule has 0 bridgehead atoms. The van der Waals surface area contributed by atoms with Gasteiger partial charge in [0.2, 0.25) is 0 Å². The van der Waals surface area contributed by atoms with Crippen LogP contribution >= 0.6 is 7.91 Å². The predicted molar refractivity (Wildman–Crippen MR) is 35.8 cm³/mol. The third-order valence-electron chi connectivity index (χ3n) is 0.958. The Hall–Kier alpha value is 0.140. The first-order chi connectivity index (χ1) is 5.08. The molecule has 0 aliphatic carbocycles. The molecular formula is C6H5FNaO3P. The second kappa shape index (κ2) is 5.00. The molecule has 0 radical (unpaired) electrons. The Morgan fingerprint density at radius 1 is 1.33 bits per heavy atom. The fourth-order valence-electron chi connectivity index (χ4n) is 0.607. The molecule has 0 saturated carbocycles.